The highest BCUT2D eigenvalue weighted by Crippen LogP contribution is 2.31. The first kappa shape index (κ1) is 17.2. The maximum atomic E-state index is 11.7. The molecule has 0 bridgehead atoms. The molecule has 0 spiro atoms. The van der Waals surface area contributed by atoms with E-state index in [4.69, 9.17) is 11.6 Å². The molecule has 10 heteroatoms. The molecular weight excluding hydrogens is 374 g/mol. The maximum Gasteiger partial charge on any atom is 0.230 e. The Balaban J connectivity index is 2.04. The van der Waals surface area contributed by atoms with E-state index in [9.17, 15) is 16.8 Å². The molecule has 1 aromatic carbocycles. The van der Waals surface area contributed by atoms with Gasteiger partial charge in [-0.25, -0.2) is 21.5 Å². The van der Waals surface area contributed by atoms with Crippen molar-refractivity contribution in [3.63, 3.8) is 0 Å². The van der Waals surface area contributed by atoms with Gasteiger partial charge in [0.1, 0.15) is 5.82 Å². The van der Waals surface area contributed by atoms with Gasteiger partial charge in [0.25, 0.3) is 0 Å². The van der Waals surface area contributed by atoms with Gasteiger partial charge in [-0.2, -0.15) is 5.10 Å². The summed E-state index contributed by atoms with van der Waals surface area (Å²) in [6.07, 6.45) is 1.44. The number of nitrogens with zero attached hydrogens (tertiary/aromatic N) is 2. The summed E-state index contributed by atoms with van der Waals surface area (Å²) in [5.41, 5.74) is 1.30. The highest BCUT2D eigenvalue weighted by atomic mass is 35.5. The second kappa shape index (κ2) is 6.05. The van der Waals surface area contributed by atoms with Crippen LogP contribution in [0, 0.1) is 0 Å². The van der Waals surface area contributed by atoms with Crippen LogP contribution in [0.5, 0.6) is 0 Å². The Morgan fingerprint density at radius 1 is 1.29 bits per heavy atom. The minimum atomic E-state index is -3.51. The van der Waals surface area contributed by atoms with Crippen molar-refractivity contribution in [2.75, 3.05) is 22.5 Å². The van der Waals surface area contributed by atoms with Gasteiger partial charge in [-0.05, 0) is 18.6 Å². The van der Waals surface area contributed by atoms with Crippen molar-refractivity contribution in [2.24, 2.45) is 0 Å². The molecule has 1 atom stereocenters. The largest absolute Gasteiger partial charge is 0.268 e. The molecule has 0 aliphatic carbocycles. The van der Waals surface area contributed by atoms with Gasteiger partial charge in [-0.3, -0.25) is 4.72 Å². The molecule has 1 N–H and O–H groups in total. The lowest BCUT2D eigenvalue weighted by Gasteiger charge is -2.13. The third kappa shape index (κ3) is 3.90. The second-order valence-corrected chi connectivity index (χ2v) is 10.2. The average Bonchev–Trinajstić information content (AvgIpc) is 3.01. The lowest BCUT2D eigenvalue weighted by atomic mass is 10.1. The number of hydrogen-bond donors (Lipinski definition) is 1. The highest BCUT2D eigenvalue weighted by molar-refractivity contribution is 7.92. The summed E-state index contributed by atoms with van der Waals surface area (Å²) < 4.78 is 50.5. The van der Waals surface area contributed by atoms with Crippen molar-refractivity contribution < 1.29 is 16.8 Å². The lowest BCUT2D eigenvalue weighted by molar-refractivity contribution is 0.507. The zero-order valence-electron chi connectivity index (χ0n) is 12.8. The van der Waals surface area contributed by atoms with Crippen molar-refractivity contribution in [3.8, 4) is 11.3 Å². The molecular formula is C14H16ClN3O4S2. The Bertz CT molecular complexity index is 966. The Labute approximate surface area is 145 Å². The van der Waals surface area contributed by atoms with Gasteiger partial charge in [0.2, 0.25) is 10.0 Å². The molecule has 0 radical (unpaired) electrons. The minimum Gasteiger partial charge on any atom is -0.268 e. The normalized spacial score (nSPS) is 20.2. The third-order valence-corrected chi connectivity index (χ3v) is 6.30. The monoisotopic (exact) mass is 389 g/mol. The Morgan fingerprint density at radius 3 is 2.50 bits per heavy atom. The second-order valence-electron chi connectivity index (χ2n) is 5.80. The molecule has 1 aromatic heterocycles. The predicted octanol–water partition coefficient (Wildman–Crippen LogP) is 1.93. The van der Waals surface area contributed by atoms with Crippen molar-refractivity contribution in [1.82, 2.24) is 9.78 Å². The van der Waals surface area contributed by atoms with Gasteiger partial charge in [-0.15, -0.1) is 0 Å². The topological polar surface area (TPSA) is 98.1 Å². The van der Waals surface area contributed by atoms with E-state index in [1.807, 2.05) is 0 Å². The first-order valence-electron chi connectivity index (χ1n) is 7.17. The van der Waals surface area contributed by atoms with Crippen LogP contribution in [0.15, 0.2) is 30.3 Å². The van der Waals surface area contributed by atoms with Crippen LogP contribution in [0.4, 0.5) is 5.82 Å². The zero-order valence-corrected chi connectivity index (χ0v) is 15.2. The first-order chi connectivity index (χ1) is 11.1. The number of nitrogens with one attached hydrogen (secondary N) is 1. The van der Waals surface area contributed by atoms with Crippen molar-refractivity contribution >= 4 is 37.3 Å². The third-order valence-electron chi connectivity index (χ3n) is 3.72. The summed E-state index contributed by atoms with van der Waals surface area (Å²) in [4.78, 5) is 0. The fraction of sp³-hybridized carbons (Fsp3) is 0.357. The van der Waals surface area contributed by atoms with Crippen LogP contribution in [0.3, 0.4) is 0 Å². The van der Waals surface area contributed by atoms with Gasteiger partial charge in [-0.1, -0.05) is 23.7 Å². The molecule has 24 heavy (non-hydrogen) atoms. The van der Waals surface area contributed by atoms with E-state index in [0.29, 0.717) is 17.1 Å². The van der Waals surface area contributed by atoms with Gasteiger partial charge in [0.05, 0.1) is 29.5 Å². The molecule has 7 nitrogen and oxygen atoms in total. The van der Waals surface area contributed by atoms with Crippen molar-refractivity contribution in [1.29, 1.82) is 0 Å². The smallest absolute Gasteiger partial charge is 0.230 e. The molecule has 2 heterocycles. The van der Waals surface area contributed by atoms with Gasteiger partial charge < -0.3 is 0 Å². The van der Waals surface area contributed by atoms with Crippen molar-refractivity contribution in [3.05, 3.63) is 35.4 Å². The highest BCUT2D eigenvalue weighted by Gasteiger charge is 2.32. The van der Waals surface area contributed by atoms with E-state index in [-0.39, 0.29) is 23.4 Å². The summed E-state index contributed by atoms with van der Waals surface area (Å²) in [7, 11) is -6.64. The van der Waals surface area contributed by atoms with Crippen LogP contribution in [-0.2, 0) is 19.9 Å². The molecule has 1 saturated heterocycles. The molecule has 0 amide bonds. The standard InChI is InChI=1S/C14H16ClN3O4S2/c1-23(19,20)17-14-8-13(10-2-4-11(15)5-3-10)16-18(14)12-6-7-24(21,22)9-12/h2-5,8,12,17H,6-7,9H2,1H3. The summed E-state index contributed by atoms with van der Waals surface area (Å²) in [6, 6.07) is 8.16. The first-order valence-corrected chi connectivity index (χ1v) is 11.3. The number of hydrogen-bond acceptors (Lipinski definition) is 5. The summed E-state index contributed by atoms with van der Waals surface area (Å²) in [5, 5.41) is 5.00. The number of rotatable bonds is 4. The number of anilines is 1. The number of halogens is 1. The summed E-state index contributed by atoms with van der Waals surface area (Å²) in [5.74, 6) is 0.281. The van der Waals surface area contributed by atoms with Gasteiger partial charge >= 0.3 is 0 Å². The molecule has 2 aromatic rings. The molecule has 0 saturated carbocycles. The summed E-state index contributed by atoms with van der Waals surface area (Å²) >= 11 is 5.87. The lowest BCUT2D eigenvalue weighted by Crippen LogP contribution is -2.18. The molecule has 130 valence electrons. The van der Waals surface area contributed by atoms with E-state index in [1.54, 1.807) is 30.3 Å². The van der Waals surface area contributed by atoms with Gasteiger partial charge in [0.15, 0.2) is 9.84 Å². The Hall–Kier alpha value is -1.58. The molecule has 1 aliphatic rings. The molecule has 1 unspecified atom stereocenters. The fourth-order valence-electron chi connectivity index (χ4n) is 2.67. The average molecular weight is 390 g/mol. The van der Waals surface area contributed by atoms with E-state index in [0.717, 1.165) is 11.8 Å². The zero-order chi connectivity index (χ0) is 17.5. The SMILES string of the molecule is CS(=O)(=O)Nc1cc(-c2ccc(Cl)cc2)nn1C1CCS(=O)(=O)C1. The fourth-order valence-corrected chi connectivity index (χ4v) is 5.02. The summed E-state index contributed by atoms with van der Waals surface area (Å²) in [6.45, 7) is 0. The molecule has 1 aliphatic heterocycles. The number of benzene rings is 1. The van der Waals surface area contributed by atoms with Crippen LogP contribution in [0.1, 0.15) is 12.5 Å². The predicted molar refractivity (Wildman–Crippen MR) is 93.4 cm³/mol. The van der Waals surface area contributed by atoms with Crippen LogP contribution in [0.25, 0.3) is 11.3 Å². The number of sulfonamides is 1. The Kier molecular flexibility index (Phi) is 4.35. The number of sulfone groups is 1. The van der Waals surface area contributed by atoms with E-state index < -0.39 is 19.9 Å². The van der Waals surface area contributed by atoms with Crippen LogP contribution < -0.4 is 4.72 Å². The van der Waals surface area contributed by atoms with E-state index in [2.05, 4.69) is 9.82 Å². The number of aromatic nitrogens is 2. The van der Waals surface area contributed by atoms with Crippen molar-refractivity contribution in [2.45, 2.75) is 12.5 Å². The van der Waals surface area contributed by atoms with E-state index >= 15 is 0 Å². The van der Waals surface area contributed by atoms with E-state index in [1.165, 1.54) is 4.68 Å². The molecule has 3 rings (SSSR count). The van der Waals surface area contributed by atoms with Crippen LogP contribution in [0.2, 0.25) is 5.02 Å². The van der Waals surface area contributed by atoms with Gasteiger partial charge in [0, 0.05) is 16.7 Å². The van der Waals surface area contributed by atoms with Crippen LogP contribution >= 0.6 is 11.6 Å². The Morgan fingerprint density at radius 2 is 1.96 bits per heavy atom. The maximum absolute atomic E-state index is 11.7. The minimum absolute atomic E-state index is 0.0484. The van der Waals surface area contributed by atoms with Crippen LogP contribution in [-0.4, -0.2) is 44.4 Å². The molecule has 1 fully saturated rings. The quantitative estimate of drug-likeness (QED) is 0.861.